The Kier molecular flexibility index (Phi) is 3.33. The molecule has 5 nitrogen and oxygen atoms in total. The highest BCUT2D eigenvalue weighted by molar-refractivity contribution is 6.31. The van der Waals surface area contributed by atoms with Crippen LogP contribution in [0.1, 0.15) is 22.7 Å². The van der Waals surface area contributed by atoms with Crippen LogP contribution in [0.25, 0.3) is 0 Å². The topological polar surface area (TPSA) is 92.7 Å². The summed E-state index contributed by atoms with van der Waals surface area (Å²) in [5.41, 5.74) is 11.2. The predicted molar refractivity (Wildman–Crippen MR) is 68.4 cm³/mol. The first-order chi connectivity index (χ1) is 8.13. The lowest BCUT2D eigenvalue weighted by Gasteiger charge is -2.16. The fraction of sp³-hybridized carbons (Fsp3) is 0.182. The summed E-state index contributed by atoms with van der Waals surface area (Å²) in [7, 11) is 0. The molecule has 0 spiro atoms. The molecular weight excluding hydrogens is 238 g/mol. The maximum atomic E-state index is 6.09. The zero-order valence-corrected chi connectivity index (χ0v) is 10.1. The Balaban J connectivity index is 2.42. The molecule has 0 radical (unpaired) electrons. The van der Waals surface area contributed by atoms with Gasteiger partial charge in [-0.2, -0.15) is 5.10 Å². The van der Waals surface area contributed by atoms with E-state index in [9.17, 15) is 0 Å². The number of hydrazine groups is 1. The number of aromatic nitrogens is 2. The van der Waals surface area contributed by atoms with E-state index in [4.69, 9.17) is 23.2 Å². The largest absolute Gasteiger partial charge is 0.384 e. The molecule has 0 saturated heterocycles. The molecule has 0 aliphatic heterocycles. The van der Waals surface area contributed by atoms with Gasteiger partial charge >= 0.3 is 0 Å². The highest BCUT2D eigenvalue weighted by Crippen LogP contribution is 2.27. The van der Waals surface area contributed by atoms with Crippen LogP contribution in [0.15, 0.2) is 24.4 Å². The van der Waals surface area contributed by atoms with Crippen LogP contribution in [-0.4, -0.2) is 10.2 Å². The Hall–Kier alpha value is -1.56. The van der Waals surface area contributed by atoms with Crippen molar-refractivity contribution < 1.29 is 0 Å². The van der Waals surface area contributed by atoms with Gasteiger partial charge in [-0.25, -0.2) is 5.43 Å². The molecule has 1 aromatic carbocycles. The Labute approximate surface area is 104 Å². The molecule has 6 heteroatoms. The quantitative estimate of drug-likeness (QED) is 0.491. The molecule has 0 aliphatic carbocycles. The molecular formula is C11H14ClN5. The number of nitrogens with zero attached hydrogens (tertiary/aromatic N) is 1. The van der Waals surface area contributed by atoms with Crippen molar-refractivity contribution in [2.24, 2.45) is 5.84 Å². The summed E-state index contributed by atoms with van der Waals surface area (Å²) in [5, 5.41) is 7.25. The average molecular weight is 252 g/mol. The molecule has 1 unspecified atom stereocenters. The van der Waals surface area contributed by atoms with Gasteiger partial charge in [-0.15, -0.1) is 0 Å². The van der Waals surface area contributed by atoms with E-state index in [1.807, 2.05) is 25.1 Å². The first-order valence-electron chi connectivity index (χ1n) is 5.14. The lowest BCUT2D eigenvalue weighted by Crippen LogP contribution is -2.29. The summed E-state index contributed by atoms with van der Waals surface area (Å²) in [6.45, 7) is 1.95. The minimum Gasteiger partial charge on any atom is -0.384 e. The number of aromatic amines is 1. The van der Waals surface area contributed by atoms with E-state index in [2.05, 4.69) is 15.6 Å². The molecule has 0 bridgehead atoms. The van der Waals surface area contributed by atoms with E-state index in [1.54, 1.807) is 6.20 Å². The van der Waals surface area contributed by atoms with Gasteiger partial charge in [-0.3, -0.25) is 10.9 Å². The molecule has 1 heterocycles. The molecule has 90 valence electrons. The third-order valence-corrected chi connectivity index (χ3v) is 3.11. The number of aryl methyl sites for hydroxylation is 1. The Morgan fingerprint density at radius 3 is 2.76 bits per heavy atom. The van der Waals surface area contributed by atoms with Gasteiger partial charge in [0.25, 0.3) is 0 Å². The number of halogens is 1. The molecule has 6 N–H and O–H groups in total. The van der Waals surface area contributed by atoms with Gasteiger partial charge < -0.3 is 5.73 Å². The number of rotatable bonds is 3. The van der Waals surface area contributed by atoms with E-state index >= 15 is 0 Å². The number of hydrogen-bond acceptors (Lipinski definition) is 4. The van der Waals surface area contributed by atoms with Gasteiger partial charge in [0.1, 0.15) is 5.82 Å². The summed E-state index contributed by atoms with van der Waals surface area (Å²) in [4.78, 5) is 0. The van der Waals surface area contributed by atoms with Gasteiger partial charge in [0.05, 0.1) is 12.2 Å². The van der Waals surface area contributed by atoms with Gasteiger partial charge in [0.15, 0.2) is 0 Å². The lowest BCUT2D eigenvalue weighted by molar-refractivity contribution is 0.638. The minimum absolute atomic E-state index is 0.230. The zero-order valence-electron chi connectivity index (χ0n) is 9.37. The second-order valence-electron chi connectivity index (χ2n) is 3.85. The molecule has 0 saturated carbocycles. The highest BCUT2D eigenvalue weighted by atomic mass is 35.5. The number of nitrogen functional groups attached to an aromatic ring is 1. The minimum atomic E-state index is -0.230. The maximum Gasteiger partial charge on any atom is 0.124 e. The summed E-state index contributed by atoms with van der Waals surface area (Å²) in [6.07, 6.45) is 1.65. The molecule has 0 fully saturated rings. The molecule has 2 rings (SSSR count). The van der Waals surface area contributed by atoms with Crippen LogP contribution in [0, 0.1) is 6.92 Å². The summed E-state index contributed by atoms with van der Waals surface area (Å²) in [6, 6.07) is 5.54. The second-order valence-corrected chi connectivity index (χ2v) is 4.25. The predicted octanol–water partition coefficient (Wildman–Crippen LogP) is 1.51. The standard InChI is InChI=1S/C11H14ClN5/c1-6-2-3-7(4-9(6)12)10(16-14)8-5-15-17-11(8)13/h2-5,10,16H,14H2,1H3,(H3,13,15,17). The average Bonchev–Trinajstić information content (AvgIpc) is 2.71. The maximum absolute atomic E-state index is 6.09. The SMILES string of the molecule is Cc1ccc(C(NN)c2cn[nH]c2N)cc1Cl. The van der Waals surface area contributed by atoms with Crippen molar-refractivity contribution in [3.05, 3.63) is 46.1 Å². The molecule has 0 aliphatic rings. The summed E-state index contributed by atoms with van der Waals surface area (Å²) < 4.78 is 0. The number of H-pyrrole nitrogens is 1. The van der Waals surface area contributed by atoms with Crippen molar-refractivity contribution in [2.75, 3.05) is 5.73 Å². The molecule has 1 aromatic heterocycles. The van der Waals surface area contributed by atoms with Crippen molar-refractivity contribution in [1.29, 1.82) is 0 Å². The first kappa shape index (κ1) is 11.9. The lowest BCUT2D eigenvalue weighted by atomic mass is 10.0. The highest BCUT2D eigenvalue weighted by Gasteiger charge is 2.17. The van der Waals surface area contributed by atoms with Crippen molar-refractivity contribution in [1.82, 2.24) is 15.6 Å². The number of hydrogen-bond donors (Lipinski definition) is 4. The van der Waals surface area contributed by atoms with Crippen molar-refractivity contribution in [3.63, 3.8) is 0 Å². The van der Waals surface area contributed by atoms with Crippen LogP contribution >= 0.6 is 11.6 Å². The van der Waals surface area contributed by atoms with Crippen molar-refractivity contribution in [3.8, 4) is 0 Å². The fourth-order valence-corrected chi connectivity index (χ4v) is 1.88. The summed E-state index contributed by atoms with van der Waals surface area (Å²) >= 11 is 6.09. The zero-order chi connectivity index (χ0) is 12.4. The third-order valence-electron chi connectivity index (χ3n) is 2.71. The van der Waals surface area contributed by atoms with Gasteiger partial charge in [-0.1, -0.05) is 23.7 Å². The van der Waals surface area contributed by atoms with E-state index in [1.165, 1.54) is 0 Å². The van der Waals surface area contributed by atoms with Crippen LogP contribution in [0.2, 0.25) is 5.02 Å². The van der Waals surface area contributed by atoms with Crippen molar-refractivity contribution >= 4 is 17.4 Å². The van der Waals surface area contributed by atoms with E-state index < -0.39 is 0 Å². The van der Waals surface area contributed by atoms with E-state index in [0.717, 1.165) is 16.7 Å². The number of anilines is 1. The first-order valence-corrected chi connectivity index (χ1v) is 5.52. The molecule has 2 aromatic rings. The van der Waals surface area contributed by atoms with Gasteiger partial charge in [0, 0.05) is 10.6 Å². The molecule has 0 amide bonds. The monoisotopic (exact) mass is 251 g/mol. The third kappa shape index (κ3) is 2.26. The van der Waals surface area contributed by atoms with Crippen LogP contribution in [0.5, 0.6) is 0 Å². The van der Waals surface area contributed by atoms with Crippen LogP contribution in [0.3, 0.4) is 0 Å². The fourth-order valence-electron chi connectivity index (χ4n) is 1.69. The van der Waals surface area contributed by atoms with Crippen LogP contribution in [-0.2, 0) is 0 Å². The van der Waals surface area contributed by atoms with E-state index in [-0.39, 0.29) is 6.04 Å². The smallest absolute Gasteiger partial charge is 0.124 e. The Bertz CT molecular complexity index is 522. The van der Waals surface area contributed by atoms with Gasteiger partial charge in [0.2, 0.25) is 0 Å². The second kappa shape index (κ2) is 4.75. The Morgan fingerprint density at radius 1 is 1.47 bits per heavy atom. The number of nitrogens with two attached hydrogens (primary N) is 2. The number of benzene rings is 1. The van der Waals surface area contributed by atoms with E-state index in [0.29, 0.717) is 10.8 Å². The normalized spacial score (nSPS) is 12.6. The summed E-state index contributed by atoms with van der Waals surface area (Å²) in [5.74, 6) is 6.05. The van der Waals surface area contributed by atoms with Gasteiger partial charge in [-0.05, 0) is 24.1 Å². The molecule has 1 atom stereocenters. The van der Waals surface area contributed by atoms with Crippen LogP contribution in [0.4, 0.5) is 5.82 Å². The Morgan fingerprint density at radius 2 is 2.24 bits per heavy atom. The van der Waals surface area contributed by atoms with Crippen molar-refractivity contribution in [2.45, 2.75) is 13.0 Å². The van der Waals surface area contributed by atoms with Crippen LogP contribution < -0.4 is 17.0 Å². The number of nitrogens with one attached hydrogen (secondary N) is 2. The molecule has 17 heavy (non-hydrogen) atoms.